The van der Waals surface area contributed by atoms with E-state index in [4.69, 9.17) is 17.0 Å². The van der Waals surface area contributed by atoms with Gasteiger partial charge in [-0.05, 0) is 18.3 Å². The van der Waals surface area contributed by atoms with Gasteiger partial charge in [-0.15, -0.1) is 0 Å². The first-order valence-electron chi connectivity index (χ1n) is 8.31. The summed E-state index contributed by atoms with van der Waals surface area (Å²) in [4.78, 5) is 35.4. The Hall–Kier alpha value is -2.71. The van der Waals surface area contributed by atoms with Gasteiger partial charge in [-0.1, -0.05) is 18.2 Å². The number of fused-ring (bicyclic) bond motifs is 2. The normalized spacial score (nSPS) is 14.3. The third-order valence-electron chi connectivity index (χ3n) is 4.77. The average Bonchev–Trinajstić information content (AvgIpc) is 3.00. The van der Waals surface area contributed by atoms with Crippen LogP contribution in [0.4, 0.5) is 0 Å². The van der Waals surface area contributed by atoms with Gasteiger partial charge in [0.2, 0.25) is 0 Å². The number of carbonyl (C=O) groups excluding carboxylic acids is 1. The molecule has 3 aromatic rings. The fourth-order valence-electron chi connectivity index (χ4n) is 3.51. The lowest BCUT2D eigenvalue weighted by Gasteiger charge is -2.27. The molecule has 0 unspecified atom stereocenters. The Bertz CT molecular complexity index is 1110. The number of aromatic nitrogens is 3. The molecule has 0 atom stereocenters. The molecule has 7 nitrogen and oxygen atoms in total. The van der Waals surface area contributed by atoms with Crippen LogP contribution >= 0.6 is 12.2 Å². The molecule has 0 bridgehead atoms. The fourth-order valence-corrected chi connectivity index (χ4v) is 3.73. The Balaban J connectivity index is 1.71. The molecule has 26 heavy (non-hydrogen) atoms. The Morgan fingerprint density at radius 2 is 2.08 bits per heavy atom. The summed E-state index contributed by atoms with van der Waals surface area (Å²) >= 11 is 5.04. The summed E-state index contributed by atoms with van der Waals surface area (Å²) in [5, 5.41) is 0.986. The van der Waals surface area contributed by atoms with Gasteiger partial charge in [0, 0.05) is 48.2 Å². The van der Waals surface area contributed by atoms with Crippen molar-refractivity contribution in [1.29, 1.82) is 0 Å². The van der Waals surface area contributed by atoms with Crippen LogP contribution < -0.4 is 5.56 Å². The van der Waals surface area contributed by atoms with Crippen molar-refractivity contribution in [2.24, 2.45) is 0 Å². The third kappa shape index (κ3) is 2.87. The maximum absolute atomic E-state index is 12.2. The van der Waals surface area contributed by atoms with E-state index < -0.39 is 5.97 Å². The number of aromatic amines is 3. The lowest BCUT2D eigenvalue weighted by molar-refractivity contribution is 0.0592. The van der Waals surface area contributed by atoms with Gasteiger partial charge in [-0.2, -0.15) is 0 Å². The molecule has 1 aliphatic heterocycles. The number of hydrogen-bond acceptors (Lipinski definition) is 5. The standard InChI is InChI=1S/C18H18N4O3S/c1-25-17(24)15-11(10-4-2-3-5-13(10)19-15)8-22-7-6-14-12(9-22)16(23)21-18(26)20-14/h2-5,19H,6-9H2,1H3,(H2,20,21,23,26). The molecule has 0 saturated heterocycles. The molecule has 0 amide bonds. The van der Waals surface area contributed by atoms with Crippen LogP contribution in [-0.2, 0) is 24.2 Å². The van der Waals surface area contributed by atoms with Crippen molar-refractivity contribution in [3.05, 3.63) is 61.9 Å². The number of para-hydroxylation sites is 1. The van der Waals surface area contributed by atoms with Crippen molar-refractivity contribution < 1.29 is 9.53 Å². The van der Waals surface area contributed by atoms with Gasteiger partial charge in [-0.3, -0.25) is 14.7 Å². The van der Waals surface area contributed by atoms with Crippen LogP contribution in [0.3, 0.4) is 0 Å². The van der Waals surface area contributed by atoms with Crippen molar-refractivity contribution in [2.75, 3.05) is 13.7 Å². The van der Waals surface area contributed by atoms with E-state index in [0.29, 0.717) is 35.5 Å². The van der Waals surface area contributed by atoms with Crippen molar-refractivity contribution in [1.82, 2.24) is 19.9 Å². The van der Waals surface area contributed by atoms with E-state index in [2.05, 4.69) is 19.9 Å². The number of nitrogens with zero attached hydrogens (tertiary/aromatic N) is 1. The van der Waals surface area contributed by atoms with Crippen LogP contribution in [0.15, 0.2) is 29.1 Å². The molecule has 0 radical (unpaired) electrons. The molecule has 1 aromatic carbocycles. The van der Waals surface area contributed by atoms with Crippen molar-refractivity contribution >= 4 is 29.1 Å². The van der Waals surface area contributed by atoms with E-state index in [1.54, 1.807) is 0 Å². The van der Waals surface area contributed by atoms with E-state index in [9.17, 15) is 9.59 Å². The zero-order chi connectivity index (χ0) is 18.3. The van der Waals surface area contributed by atoms with Crippen molar-refractivity contribution in [3.63, 3.8) is 0 Å². The van der Waals surface area contributed by atoms with Gasteiger partial charge in [-0.25, -0.2) is 4.79 Å². The summed E-state index contributed by atoms with van der Waals surface area (Å²) in [6.45, 7) is 1.81. The van der Waals surface area contributed by atoms with Gasteiger partial charge in [0.25, 0.3) is 5.56 Å². The van der Waals surface area contributed by atoms with E-state index in [1.807, 2.05) is 24.3 Å². The SMILES string of the molecule is COC(=O)c1[nH]c2ccccc2c1CN1CCc2[nH]c(=S)[nH]c(=O)c2C1. The first kappa shape index (κ1) is 16.7. The highest BCUT2D eigenvalue weighted by Crippen LogP contribution is 2.26. The number of carbonyl (C=O) groups is 1. The second-order valence-corrected chi connectivity index (χ2v) is 6.75. The minimum absolute atomic E-state index is 0.152. The van der Waals surface area contributed by atoms with Crippen molar-refractivity contribution in [2.45, 2.75) is 19.5 Å². The van der Waals surface area contributed by atoms with Crippen LogP contribution in [0.2, 0.25) is 0 Å². The predicted molar refractivity (Wildman–Crippen MR) is 99.7 cm³/mol. The van der Waals surface area contributed by atoms with Crippen LogP contribution in [0.25, 0.3) is 10.9 Å². The molecule has 0 spiro atoms. The van der Waals surface area contributed by atoms with E-state index in [1.165, 1.54) is 7.11 Å². The highest BCUT2D eigenvalue weighted by molar-refractivity contribution is 7.71. The number of H-pyrrole nitrogens is 3. The highest BCUT2D eigenvalue weighted by atomic mass is 32.1. The first-order valence-corrected chi connectivity index (χ1v) is 8.72. The molecule has 2 aromatic heterocycles. The number of benzene rings is 1. The number of rotatable bonds is 3. The Morgan fingerprint density at radius 3 is 2.88 bits per heavy atom. The molecule has 0 fully saturated rings. The Morgan fingerprint density at radius 1 is 1.27 bits per heavy atom. The largest absolute Gasteiger partial charge is 0.464 e. The third-order valence-corrected chi connectivity index (χ3v) is 4.98. The van der Waals surface area contributed by atoms with Crippen LogP contribution in [-0.4, -0.2) is 39.5 Å². The van der Waals surface area contributed by atoms with E-state index in [0.717, 1.165) is 28.7 Å². The lowest BCUT2D eigenvalue weighted by atomic mass is 10.0. The van der Waals surface area contributed by atoms with Crippen molar-refractivity contribution in [3.8, 4) is 0 Å². The quantitative estimate of drug-likeness (QED) is 0.486. The zero-order valence-electron chi connectivity index (χ0n) is 14.2. The number of nitrogens with one attached hydrogen (secondary N) is 3. The van der Waals surface area contributed by atoms with Crippen LogP contribution in [0.1, 0.15) is 27.3 Å². The van der Waals surface area contributed by atoms with Gasteiger partial charge < -0.3 is 14.7 Å². The topological polar surface area (TPSA) is 94.0 Å². The van der Waals surface area contributed by atoms with Gasteiger partial charge in [0.15, 0.2) is 4.77 Å². The summed E-state index contributed by atoms with van der Waals surface area (Å²) in [5.74, 6) is -0.393. The second kappa shape index (κ2) is 6.54. The van der Waals surface area contributed by atoms with Crippen LogP contribution in [0, 0.1) is 4.77 Å². The fraction of sp³-hybridized carbons (Fsp3) is 0.278. The monoisotopic (exact) mass is 370 g/mol. The predicted octanol–water partition coefficient (Wildman–Crippen LogP) is 2.26. The summed E-state index contributed by atoms with van der Waals surface area (Å²) in [5.41, 5.74) is 3.67. The van der Waals surface area contributed by atoms with Crippen LogP contribution in [0.5, 0.6) is 0 Å². The van der Waals surface area contributed by atoms with Gasteiger partial charge in [0.1, 0.15) is 5.69 Å². The minimum Gasteiger partial charge on any atom is -0.464 e. The summed E-state index contributed by atoms with van der Waals surface area (Å²) < 4.78 is 5.28. The number of esters is 1. The average molecular weight is 370 g/mol. The molecule has 134 valence electrons. The minimum atomic E-state index is -0.393. The zero-order valence-corrected chi connectivity index (χ0v) is 15.0. The number of methoxy groups -OCH3 is 1. The maximum atomic E-state index is 12.2. The smallest absolute Gasteiger partial charge is 0.354 e. The molecular formula is C18H18N4O3S. The summed E-state index contributed by atoms with van der Waals surface area (Å²) in [6.07, 6.45) is 0.707. The molecule has 8 heteroatoms. The van der Waals surface area contributed by atoms with Gasteiger partial charge >= 0.3 is 5.97 Å². The van der Waals surface area contributed by atoms with Gasteiger partial charge in [0.05, 0.1) is 12.7 Å². The highest BCUT2D eigenvalue weighted by Gasteiger charge is 2.24. The number of hydrogen-bond donors (Lipinski definition) is 3. The molecule has 4 rings (SSSR count). The molecule has 3 N–H and O–H groups in total. The summed E-state index contributed by atoms with van der Waals surface area (Å²) in [7, 11) is 1.37. The molecule has 1 aliphatic rings. The molecule has 0 saturated carbocycles. The first-order chi connectivity index (χ1) is 12.6. The molecule has 0 aliphatic carbocycles. The van der Waals surface area contributed by atoms with E-state index in [-0.39, 0.29) is 5.56 Å². The number of ether oxygens (including phenoxy) is 1. The molecule has 3 heterocycles. The second-order valence-electron chi connectivity index (χ2n) is 6.34. The Kier molecular flexibility index (Phi) is 4.21. The Labute approximate surface area is 154 Å². The molecular weight excluding hydrogens is 352 g/mol. The lowest BCUT2D eigenvalue weighted by Crippen LogP contribution is -2.35. The van der Waals surface area contributed by atoms with E-state index >= 15 is 0 Å². The summed E-state index contributed by atoms with van der Waals surface area (Å²) in [6, 6.07) is 7.77. The maximum Gasteiger partial charge on any atom is 0.354 e.